The summed E-state index contributed by atoms with van der Waals surface area (Å²) < 4.78 is 10.5. The lowest BCUT2D eigenvalue weighted by Gasteiger charge is -2.12. The average molecular weight is 278 g/mol. The molecule has 0 spiro atoms. The van der Waals surface area contributed by atoms with Crippen LogP contribution in [-0.2, 0) is 0 Å². The first-order valence-corrected chi connectivity index (χ1v) is 6.22. The Morgan fingerprint density at radius 1 is 1.26 bits per heavy atom. The van der Waals surface area contributed by atoms with Gasteiger partial charge >= 0.3 is 0 Å². The molecule has 0 fully saturated rings. The number of fused-ring (bicyclic) bond motifs is 1. The van der Waals surface area contributed by atoms with Crippen LogP contribution >= 0.6 is 11.6 Å². The Balaban J connectivity index is 1.98. The first-order chi connectivity index (χ1) is 9.15. The van der Waals surface area contributed by atoms with Crippen LogP contribution < -0.4 is 9.47 Å². The van der Waals surface area contributed by atoms with Crippen molar-refractivity contribution in [3.8, 4) is 11.5 Å². The number of hydrogen-bond acceptors (Lipinski definition) is 4. The Labute approximate surface area is 115 Å². The molecule has 1 N–H and O–H groups in total. The van der Waals surface area contributed by atoms with Gasteiger partial charge in [0, 0.05) is 17.5 Å². The number of nitrogens with zero attached hydrogens (tertiary/aromatic N) is 1. The topological polar surface area (TPSA) is 51.6 Å². The molecule has 5 heteroatoms. The fraction of sp³-hybridized carbons (Fsp3) is 0.214. The smallest absolute Gasteiger partial charge is 0.231 e. The van der Waals surface area contributed by atoms with Gasteiger partial charge in [-0.25, -0.2) is 0 Å². The Morgan fingerprint density at radius 3 is 2.84 bits per heavy atom. The molecule has 2 heterocycles. The van der Waals surface area contributed by atoms with Crippen LogP contribution in [0.25, 0.3) is 0 Å². The molecule has 1 unspecified atom stereocenters. The van der Waals surface area contributed by atoms with Crippen molar-refractivity contribution < 1.29 is 14.6 Å². The van der Waals surface area contributed by atoms with Crippen LogP contribution in [0.3, 0.4) is 0 Å². The number of aryl methyl sites for hydroxylation is 1. The molecular weight excluding hydrogens is 266 g/mol. The van der Waals surface area contributed by atoms with Crippen LogP contribution in [0.4, 0.5) is 0 Å². The minimum Gasteiger partial charge on any atom is -0.454 e. The van der Waals surface area contributed by atoms with Crippen molar-refractivity contribution in [1.29, 1.82) is 0 Å². The maximum absolute atomic E-state index is 10.3. The fourth-order valence-electron chi connectivity index (χ4n) is 1.98. The Morgan fingerprint density at radius 2 is 2.11 bits per heavy atom. The largest absolute Gasteiger partial charge is 0.454 e. The predicted molar refractivity (Wildman–Crippen MR) is 70.6 cm³/mol. The van der Waals surface area contributed by atoms with Crippen molar-refractivity contribution >= 4 is 11.6 Å². The molecular formula is C14H12ClNO3. The van der Waals surface area contributed by atoms with Crippen LogP contribution in [0.15, 0.2) is 30.5 Å². The molecule has 0 aliphatic carbocycles. The third kappa shape index (κ3) is 2.25. The van der Waals surface area contributed by atoms with Gasteiger partial charge in [-0.1, -0.05) is 17.7 Å². The van der Waals surface area contributed by atoms with Crippen LogP contribution in [-0.4, -0.2) is 16.9 Å². The zero-order chi connectivity index (χ0) is 13.4. The van der Waals surface area contributed by atoms with Crippen molar-refractivity contribution in [1.82, 2.24) is 4.98 Å². The standard InChI is InChI=1S/C14H12ClNO3/c1-8-2-3-9(6-16-8)13(17)10-4-11(15)14-12(5-10)18-7-19-14/h2-6,13,17H,7H2,1H3. The Hall–Kier alpha value is -1.78. The third-order valence-corrected chi connectivity index (χ3v) is 3.30. The van der Waals surface area contributed by atoms with Crippen molar-refractivity contribution in [2.45, 2.75) is 13.0 Å². The number of aliphatic hydroxyl groups is 1. The molecule has 19 heavy (non-hydrogen) atoms. The number of rotatable bonds is 2. The Kier molecular flexibility index (Phi) is 3.05. The second-order valence-electron chi connectivity index (χ2n) is 4.37. The van der Waals surface area contributed by atoms with E-state index in [0.29, 0.717) is 27.6 Å². The molecule has 3 rings (SSSR count). The summed E-state index contributed by atoms with van der Waals surface area (Å²) in [5.41, 5.74) is 2.26. The molecule has 0 radical (unpaired) electrons. The first-order valence-electron chi connectivity index (χ1n) is 5.85. The van der Waals surface area contributed by atoms with Gasteiger partial charge in [0.15, 0.2) is 11.5 Å². The van der Waals surface area contributed by atoms with Crippen LogP contribution in [0, 0.1) is 6.92 Å². The highest BCUT2D eigenvalue weighted by molar-refractivity contribution is 6.32. The summed E-state index contributed by atoms with van der Waals surface area (Å²) in [4.78, 5) is 4.17. The van der Waals surface area contributed by atoms with E-state index in [4.69, 9.17) is 21.1 Å². The van der Waals surface area contributed by atoms with Crippen molar-refractivity contribution in [2.75, 3.05) is 6.79 Å². The van der Waals surface area contributed by atoms with Gasteiger partial charge in [-0.3, -0.25) is 4.98 Å². The lowest BCUT2D eigenvalue weighted by molar-refractivity contribution is 0.173. The minimum atomic E-state index is -0.792. The summed E-state index contributed by atoms with van der Waals surface area (Å²) in [6, 6.07) is 7.11. The fourth-order valence-corrected chi connectivity index (χ4v) is 2.25. The maximum atomic E-state index is 10.3. The summed E-state index contributed by atoms with van der Waals surface area (Å²) in [5.74, 6) is 1.08. The van der Waals surface area contributed by atoms with Crippen LogP contribution in [0.5, 0.6) is 11.5 Å². The van der Waals surface area contributed by atoms with E-state index in [1.54, 1.807) is 18.3 Å². The molecule has 0 saturated heterocycles. The second-order valence-corrected chi connectivity index (χ2v) is 4.78. The quantitative estimate of drug-likeness (QED) is 0.917. The molecule has 1 aromatic heterocycles. The summed E-state index contributed by atoms with van der Waals surface area (Å²) in [6.45, 7) is 2.05. The van der Waals surface area contributed by atoms with Crippen molar-refractivity contribution in [2.24, 2.45) is 0 Å². The molecule has 4 nitrogen and oxygen atoms in total. The zero-order valence-electron chi connectivity index (χ0n) is 10.3. The van der Waals surface area contributed by atoms with E-state index in [-0.39, 0.29) is 6.79 Å². The summed E-state index contributed by atoms with van der Waals surface area (Å²) >= 11 is 6.10. The molecule has 0 saturated carbocycles. The van der Waals surface area contributed by atoms with Gasteiger partial charge in [-0.15, -0.1) is 0 Å². The number of ether oxygens (including phenoxy) is 2. The third-order valence-electron chi connectivity index (χ3n) is 3.02. The molecule has 0 amide bonds. The molecule has 0 bridgehead atoms. The van der Waals surface area contributed by atoms with E-state index >= 15 is 0 Å². The zero-order valence-corrected chi connectivity index (χ0v) is 11.0. The average Bonchev–Trinajstić information content (AvgIpc) is 2.87. The highest BCUT2D eigenvalue weighted by Gasteiger charge is 2.21. The van der Waals surface area contributed by atoms with Crippen LogP contribution in [0.1, 0.15) is 22.9 Å². The van der Waals surface area contributed by atoms with Gasteiger partial charge in [0.25, 0.3) is 0 Å². The van der Waals surface area contributed by atoms with Crippen LogP contribution in [0.2, 0.25) is 5.02 Å². The predicted octanol–water partition coefficient (Wildman–Crippen LogP) is 2.85. The van der Waals surface area contributed by atoms with Crippen molar-refractivity contribution in [3.63, 3.8) is 0 Å². The van der Waals surface area contributed by atoms with Gasteiger partial charge in [-0.2, -0.15) is 0 Å². The van der Waals surface area contributed by atoms with E-state index in [2.05, 4.69) is 4.98 Å². The minimum absolute atomic E-state index is 0.153. The molecule has 98 valence electrons. The molecule has 1 aliphatic rings. The number of benzene rings is 1. The maximum Gasteiger partial charge on any atom is 0.231 e. The molecule has 1 aliphatic heterocycles. The highest BCUT2D eigenvalue weighted by Crippen LogP contribution is 2.41. The van der Waals surface area contributed by atoms with Crippen molar-refractivity contribution in [3.05, 3.63) is 52.3 Å². The van der Waals surface area contributed by atoms with Gasteiger partial charge in [0.05, 0.1) is 5.02 Å². The summed E-state index contributed by atoms with van der Waals surface area (Å²) in [5, 5.41) is 10.8. The van der Waals surface area contributed by atoms with E-state index in [0.717, 1.165) is 5.69 Å². The van der Waals surface area contributed by atoms with E-state index in [1.807, 2.05) is 19.1 Å². The number of halogens is 1. The second kappa shape index (κ2) is 4.72. The lowest BCUT2D eigenvalue weighted by atomic mass is 10.0. The Bertz CT molecular complexity index is 613. The van der Waals surface area contributed by atoms with E-state index in [1.165, 1.54) is 0 Å². The van der Waals surface area contributed by atoms with Gasteiger partial charge in [-0.05, 0) is 30.7 Å². The monoisotopic (exact) mass is 277 g/mol. The first kappa shape index (κ1) is 12.3. The number of hydrogen-bond donors (Lipinski definition) is 1. The SMILES string of the molecule is Cc1ccc(C(O)c2cc(Cl)c3c(c2)OCO3)cn1. The number of aliphatic hydroxyl groups excluding tert-OH is 1. The highest BCUT2D eigenvalue weighted by atomic mass is 35.5. The van der Waals surface area contributed by atoms with E-state index < -0.39 is 6.10 Å². The number of pyridine rings is 1. The molecule has 1 atom stereocenters. The number of aromatic nitrogens is 1. The van der Waals surface area contributed by atoms with Gasteiger partial charge < -0.3 is 14.6 Å². The normalized spacial score (nSPS) is 14.5. The molecule has 1 aromatic carbocycles. The molecule has 2 aromatic rings. The van der Waals surface area contributed by atoms with E-state index in [9.17, 15) is 5.11 Å². The summed E-state index contributed by atoms with van der Waals surface area (Å²) in [7, 11) is 0. The van der Waals surface area contributed by atoms with Gasteiger partial charge in [0.1, 0.15) is 6.10 Å². The lowest BCUT2D eigenvalue weighted by Crippen LogP contribution is -2.00. The van der Waals surface area contributed by atoms with Gasteiger partial charge in [0.2, 0.25) is 6.79 Å². The summed E-state index contributed by atoms with van der Waals surface area (Å²) in [6.07, 6.45) is 0.860.